The van der Waals surface area contributed by atoms with Crippen LogP contribution in [-0.4, -0.2) is 32.7 Å². The molecule has 39 heavy (non-hydrogen) atoms. The van der Waals surface area contributed by atoms with E-state index in [2.05, 4.69) is 37.9 Å². The maximum Gasteiger partial charge on any atom is 0.306 e. The summed E-state index contributed by atoms with van der Waals surface area (Å²) in [6, 6.07) is 9.17. The number of esters is 1. The molecule has 2 aliphatic rings. The molecule has 3 aromatic rings. The van der Waals surface area contributed by atoms with E-state index < -0.39 is 0 Å². The molecule has 6 nitrogen and oxygen atoms in total. The zero-order valence-corrected chi connectivity index (χ0v) is 24.5. The monoisotopic (exact) mass is 551 g/mol. The van der Waals surface area contributed by atoms with Crippen LogP contribution in [0.1, 0.15) is 90.2 Å². The molecular weight excluding hydrogens is 510 g/mol. The number of halogens is 1. The normalized spacial score (nSPS) is 22.9. The van der Waals surface area contributed by atoms with Crippen LogP contribution in [0.3, 0.4) is 0 Å². The van der Waals surface area contributed by atoms with Crippen molar-refractivity contribution in [2.45, 2.75) is 90.9 Å². The molecule has 1 aromatic heterocycles. The summed E-state index contributed by atoms with van der Waals surface area (Å²) < 4.78 is 5.64. The summed E-state index contributed by atoms with van der Waals surface area (Å²) in [5.41, 5.74) is 3.25. The Balaban J connectivity index is 1.21. The summed E-state index contributed by atoms with van der Waals surface area (Å²) in [7, 11) is 0. The SMILES string of the molecule is CCC1CC(CCCOC(=O)CCc2cc(-n3nc4ccc(Cl)cc4n3)c(O)c(C(C)(C)C)c2)C2CCCC12. The highest BCUT2D eigenvalue weighted by Crippen LogP contribution is 2.53. The molecule has 210 valence electrons. The number of nitrogens with zero attached hydrogens (tertiary/aromatic N) is 3. The zero-order chi connectivity index (χ0) is 27.7. The second-order valence-electron chi connectivity index (χ2n) is 12.7. The number of fused-ring (bicyclic) bond motifs is 2. The van der Waals surface area contributed by atoms with Crippen LogP contribution in [0, 0.1) is 23.7 Å². The van der Waals surface area contributed by atoms with E-state index in [1.54, 1.807) is 12.1 Å². The lowest BCUT2D eigenvalue weighted by Crippen LogP contribution is -2.15. The number of hydrogen-bond donors (Lipinski definition) is 1. The molecule has 2 saturated carbocycles. The van der Waals surface area contributed by atoms with E-state index in [-0.39, 0.29) is 17.1 Å². The molecule has 4 atom stereocenters. The highest BCUT2D eigenvalue weighted by Gasteiger charge is 2.43. The van der Waals surface area contributed by atoms with Gasteiger partial charge in [-0.3, -0.25) is 4.79 Å². The van der Waals surface area contributed by atoms with Crippen molar-refractivity contribution < 1.29 is 14.6 Å². The maximum atomic E-state index is 12.6. The molecule has 2 fully saturated rings. The maximum absolute atomic E-state index is 12.6. The van der Waals surface area contributed by atoms with Gasteiger partial charge in [-0.05, 0) is 97.4 Å². The van der Waals surface area contributed by atoms with Gasteiger partial charge in [0.1, 0.15) is 22.5 Å². The number of benzene rings is 2. The molecule has 4 unspecified atom stereocenters. The molecule has 5 rings (SSSR count). The van der Waals surface area contributed by atoms with Crippen LogP contribution in [0.25, 0.3) is 16.7 Å². The average molecular weight is 552 g/mol. The molecule has 7 heteroatoms. The van der Waals surface area contributed by atoms with E-state index in [1.165, 1.54) is 43.3 Å². The predicted octanol–water partition coefficient (Wildman–Crippen LogP) is 7.80. The van der Waals surface area contributed by atoms with E-state index in [0.29, 0.717) is 41.2 Å². The Bertz CT molecular complexity index is 1330. The lowest BCUT2D eigenvalue weighted by molar-refractivity contribution is -0.143. The molecule has 0 aliphatic heterocycles. The van der Waals surface area contributed by atoms with E-state index >= 15 is 0 Å². The third kappa shape index (κ3) is 6.11. The van der Waals surface area contributed by atoms with Gasteiger partial charge in [0.25, 0.3) is 0 Å². The minimum absolute atomic E-state index is 0.141. The van der Waals surface area contributed by atoms with Crippen molar-refractivity contribution in [1.82, 2.24) is 15.0 Å². The van der Waals surface area contributed by atoms with Crippen molar-refractivity contribution >= 4 is 28.6 Å². The summed E-state index contributed by atoms with van der Waals surface area (Å²) in [4.78, 5) is 14.1. The smallest absolute Gasteiger partial charge is 0.306 e. The number of aryl methyl sites for hydroxylation is 1. The first kappa shape index (κ1) is 27.9. The Hall–Kier alpha value is -2.60. The van der Waals surface area contributed by atoms with Gasteiger partial charge in [0.05, 0.1) is 6.61 Å². The Morgan fingerprint density at radius 1 is 1.10 bits per heavy atom. The Labute approximate surface area is 237 Å². The van der Waals surface area contributed by atoms with Crippen LogP contribution < -0.4 is 0 Å². The summed E-state index contributed by atoms with van der Waals surface area (Å²) in [5.74, 6) is 3.55. The number of aromatic hydroxyl groups is 1. The number of carbonyl (C=O) groups is 1. The van der Waals surface area contributed by atoms with E-state index in [0.717, 1.165) is 41.2 Å². The fourth-order valence-corrected chi connectivity index (χ4v) is 7.29. The summed E-state index contributed by atoms with van der Waals surface area (Å²) in [5, 5.41) is 20.8. The Morgan fingerprint density at radius 2 is 1.85 bits per heavy atom. The third-order valence-electron chi connectivity index (χ3n) is 9.08. The molecule has 2 aromatic carbocycles. The lowest BCUT2D eigenvalue weighted by atomic mass is 9.84. The fraction of sp³-hybridized carbons (Fsp3) is 0.594. The molecule has 0 radical (unpaired) electrons. The van der Waals surface area contributed by atoms with E-state index in [4.69, 9.17) is 16.3 Å². The topological polar surface area (TPSA) is 77.2 Å². The Morgan fingerprint density at radius 3 is 2.59 bits per heavy atom. The molecule has 1 N–H and O–H groups in total. The van der Waals surface area contributed by atoms with Crippen LogP contribution in [-0.2, 0) is 21.4 Å². The zero-order valence-electron chi connectivity index (χ0n) is 23.8. The fourth-order valence-electron chi connectivity index (χ4n) is 7.12. The highest BCUT2D eigenvalue weighted by atomic mass is 35.5. The van der Waals surface area contributed by atoms with Gasteiger partial charge in [0.2, 0.25) is 0 Å². The van der Waals surface area contributed by atoms with Gasteiger partial charge in [-0.25, -0.2) is 0 Å². The standard InChI is InChI=1S/C32H42ClN3O3/c1-5-21-18-22(25-10-6-9-24(21)25)8-7-15-39-30(37)14-11-20-16-26(32(2,3)4)31(38)29(17-20)36-34-27-13-12-23(33)19-28(27)35-36/h12-13,16-17,19,21-22,24-25,38H,5-11,14-15,18H2,1-4H3. The van der Waals surface area contributed by atoms with Crippen molar-refractivity contribution in [1.29, 1.82) is 0 Å². The Kier molecular flexibility index (Phi) is 8.23. The van der Waals surface area contributed by atoms with Gasteiger partial charge in [0, 0.05) is 17.0 Å². The van der Waals surface area contributed by atoms with Crippen LogP contribution in [0.2, 0.25) is 5.02 Å². The average Bonchev–Trinajstić information content (AvgIpc) is 3.61. The van der Waals surface area contributed by atoms with Crippen LogP contribution in [0.15, 0.2) is 30.3 Å². The number of hydrogen-bond acceptors (Lipinski definition) is 5. The molecule has 0 saturated heterocycles. The van der Waals surface area contributed by atoms with Crippen molar-refractivity contribution in [2.24, 2.45) is 23.7 Å². The van der Waals surface area contributed by atoms with Gasteiger partial charge < -0.3 is 9.84 Å². The molecular formula is C32H42ClN3O3. The van der Waals surface area contributed by atoms with Crippen LogP contribution in [0.4, 0.5) is 0 Å². The molecule has 2 aliphatic carbocycles. The second-order valence-corrected chi connectivity index (χ2v) is 13.1. The quantitative estimate of drug-likeness (QED) is 0.217. The van der Waals surface area contributed by atoms with E-state index in [9.17, 15) is 9.90 Å². The summed E-state index contributed by atoms with van der Waals surface area (Å²) in [6.07, 6.45) is 9.84. The van der Waals surface area contributed by atoms with Crippen molar-refractivity contribution in [3.8, 4) is 11.4 Å². The number of carbonyl (C=O) groups excluding carboxylic acids is 1. The minimum Gasteiger partial charge on any atom is -0.505 e. The van der Waals surface area contributed by atoms with Gasteiger partial charge in [-0.15, -0.1) is 15.0 Å². The van der Waals surface area contributed by atoms with Gasteiger partial charge >= 0.3 is 5.97 Å². The molecule has 0 spiro atoms. The first-order valence-corrected chi connectivity index (χ1v) is 15.1. The first-order valence-electron chi connectivity index (χ1n) is 14.7. The largest absolute Gasteiger partial charge is 0.505 e. The third-order valence-corrected chi connectivity index (χ3v) is 9.32. The number of phenols is 1. The van der Waals surface area contributed by atoms with Crippen molar-refractivity contribution in [3.63, 3.8) is 0 Å². The number of ether oxygens (including phenoxy) is 1. The van der Waals surface area contributed by atoms with Crippen LogP contribution >= 0.6 is 11.6 Å². The first-order chi connectivity index (χ1) is 18.6. The lowest BCUT2D eigenvalue weighted by Gasteiger charge is -2.23. The van der Waals surface area contributed by atoms with Gasteiger partial charge in [0.15, 0.2) is 0 Å². The molecule has 0 amide bonds. The van der Waals surface area contributed by atoms with Gasteiger partial charge in [-0.1, -0.05) is 58.2 Å². The summed E-state index contributed by atoms with van der Waals surface area (Å²) >= 11 is 6.13. The summed E-state index contributed by atoms with van der Waals surface area (Å²) in [6.45, 7) is 9.01. The van der Waals surface area contributed by atoms with Crippen molar-refractivity contribution in [3.05, 3.63) is 46.5 Å². The number of phenolic OH excluding ortho intramolecular Hbond substituents is 1. The van der Waals surface area contributed by atoms with Gasteiger partial charge in [-0.2, -0.15) is 0 Å². The van der Waals surface area contributed by atoms with E-state index in [1.807, 2.05) is 18.2 Å². The molecule has 0 bridgehead atoms. The number of aromatic nitrogens is 3. The highest BCUT2D eigenvalue weighted by molar-refractivity contribution is 6.31. The molecule has 1 heterocycles. The number of rotatable bonds is 9. The van der Waals surface area contributed by atoms with Crippen LogP contribution in [0.5, 0.6) is 5.75 Å². The van der Waals surface area contributed by atoms with Crippen molar-refractivity contribution in [2.75, 3.05) is 6.61 Å². The minimum atomic E-state index is -0.305. The predicted molar refractivity (Wildman–Crippen MR) is 155 cm³/mol. The second kappa shape index (κ2) is 11.5.